The van der Waals surface area contributed by atoms with Gasteiger partial charge in [-0.3, -0.25) is 0 Å². The van der Waals surface area contributed by atoms with Gasteiger partial charge in [0, 0.05) is 26.3 Å². The Hall–Kier alpha value is -0.960. The van der Waals surface area contributed by atoms with Gasteiger partial charge in [-0.05, 0) is 6.92 Å². The number of rotatable bonds is 5. The zero-order chi connectivity index (χ0) is 13.2. The summed E-state index contributed by atoms with van der Waals surface area (Å²) in [7, 11) is -1.87. The molecule has 1 aromatic rings. The van der Waals surface area contributed by atoms with E-state index in [0.29, 0.717) is 24.5 Å². The van der Waals surface area contributed by atoms with Gasteiger partial charge in [0.05, 0.1) is 12.1 Å². The van der Waals surface area contributed by atoms with Crippen molar-refractivity contribution in [2.24, 2.45) is 0 Å². The number of aryl methyl sites for hydroxylation is 1. The van der Waals surface area contributed by atoms with Crippen molar-refractivity contribution in [1.29, 1.82) is 0 Å². The van der Waals surface area contributed by atoms with Crippen molar-refractivity contribution in [2.75, 3.05) is 20.2 Å². The minimum absolute atomic E-state index is 0.140. The van der Waals surface area contributed by atoms with Crippen LogP contribution in [0.15, 0.2) is 10.6 Å². The van der Waals surface area contributed by atoms with E-state index in [0.717, 1.165) is 0 Å². The van der Waals surface area contributed by atoms with Gasteiger partial charge in [-0.1, -0.05) is 5.16 Å². The van der Waals surface area contributed by atoms with E-state index in [2.05, 4.69) is 15.2 Å². The van der Waals surface area contributed by atoms with Gasteiger partial charge in [0.2, 0.25) is 10.0 Å². The molecule has 1 aliphatic heterocycles. The maximum absolute atomic E-state index is 12.0. The number of nitrogens with one attached hydrogen (secondary N) is 2. The molecule has 1 fully saturated rings. The van der Waals surface area contributed by atoms with Gasteiger partial charge in [0.15, 0.2) is 0 Å². The van der Waals surface area contributed by atoms with Crippen LogP contribution in [0.2, 0.25) is 0 Å². The second-order valence-corrected chi connectivity index (χ2v) is 6.10. The molecule has 2 atom stereocenters. The first-order valence-electron chi connectivity index (χ1n) is 5.66. The summed E-state index contributed by atoms with van der Waals surface area (Å²) >= 11 is 0. The molecule has 8 heteroatoms. The Balaban J connectivity index is 1.99. The molecule has 2 heterocycles. The summed E-state index contributed by atoms with van der Waals surface area (Å²) in [5.41, 5.74) is 0.403. The van der Waals surface area contributed by atoms with E-state index in [4.69, 9.17) is 9.26 Å². The third-order valence-corrected chi connectivity index (χ3v) is 4.14. The summed E-state index contributed by atoms with van der Waals surface area (Å²) in [6, 6.07) is 1.37. The van der Waals surface area contributed by atoms with Crippen molar-refractivity contribution in [2.45, 2.75) is 24.8 Å². The minimum atomic E-state index is -3.44. The second-order valence-electron chi connectivity index (χ2n) is 4.34. The Morgan fingerprint density at radius 2 is 2.39 bits per heavy atom. The molecule has 2 N–H and O–H groups in total. The third-order valence-electron chi connectivity index (χ3n) is 2.81. The maximum Gasteiger partial charge on any atom is 0.217 e. The predicted octanol–water partition coefficient (Wildman–Crippen LogP) is -0.611. The summed E-state index contributed by atoms with van der Waals surface area (Å²) < 4.78 is 36.6. The highest BCUT2D eigenvalue weighted by Crippen LogP contribution is 2.09. The van der Waals surface area contributed by atoms with Crippen molar-refractivity contribution in [1.82, 2.24) is 15.2 Å². The molecule has 0 saturated carbocycles. The Morgan fingerprint density at radius 3 is 3.00 bits per heavy atom. The molecule has 0 aliphatic carbocycles. The summed E-state index contributed by atoms with van der Waals surface area (Å²) in [6.45, 7) is 2.93. The number of aromatic nitrogens is 1. The Morgan fingerprint density at radius 1 is 1.61 bits per heavy atom. The highest BCUT2D eigenvalue weighted by molar-refractivity contribution is 7.88. The summed E-state index contributed by atoms with van der Waals surface area (Å²) in [5.74, 6) is 0.412. The van der Waals surface area contributed by atoms with Gasteiger partial charge in [-0.2, -0.15) is 0 Å². The van der Waals surface area contributed by atoms with E-state index in [9.17, 15) is 8.42 Å². The first-order chi connectivity index (χ1) is 8.50. The number of methoxy groups -OCH3 is 1. The van der Waals surface area contributed by atoms with Gasteiger partial charge in [-0.15, -0.1) is 0 Å². The number of hydrogen-bond acceptors (Lipinski definition) is 6. The fourth-order valence-electron chi connectivity index (χ4n) is 1.97. The molecule has 0 spiro atoms. The molecule has 102 valence electrons. The highest BCUT2D eigenvalue weighted by atomic mass is 32.2. The molecule has 1 saturated heterocycles. The summed E-state index contributed by atoms with van der Waals surface area (Å²) in [6.07, 6.45) is -0.140. The van der Waals surface area contributed by atoms with Crippen molar-refractivity contribution < 1.29 is 17.7 Å². The fourth-order valence-corrected chi connectivity index (χ4v) is 3.28. The quantitative estimate of drug-likeness (QED) is 0.744. The van der Waals surface area contributed by atoms with E-state index >= 15 is 0 Å². The van der Waals surface area contributed by atoms with Crippen LogP contribution in [-0.4, -0.2) is 45.9 Å². The van der Waals surface area contributed by atoms with Crippen molar-refractivity contribution >= 4 is 10.0 Å². The SMILES string of the molecule is CO[C@H]1CNCC1NS(=O)(=O)Cc1cc(C)on1. The van der Waals surface area contributed by atoms with Crippen LogP contribution < -0.4 is 10.0 Å². The van der Waals surface area contributed by atoms with E-state index in [1.54, 1.807) is 20.1 Å². The van der Waals surface area contributed by atoms with Gasteiger partial charge >= 0.3 is 0 Å². The average Bonchev–Trinajstić information content (AvgIpc) is 2.86. The summed E-state index contributed by atoms with van der Waals surface area (Å²) in [4.78, 5) is 0. The minimum Gasteiger partial charge on any atom is -0.378 e. The normalized spacial score (nSPS) is 24.6. The molecule has 1 aliphatic rings. The van der Waals surface area contributed by atoms with E-state index in [1.165, 1.54) is 0 Å². The molecule has 1 unspecified atom stereocenters. The highest BCUT2D eigenvalue weighted by Gasteiger charge is 2.30. The van der Waals surface area contributed by atoms with E-state index < -0.39 is 10.0 Å². The zero-order valence-electron chi connectivity index (χ0n) is 10.3. The van der Waals surface area contributed by atoms with Crippen LogP contribution in [0.1, 0.15) is 11.5 Å². The van der Waals surface area contributed by atoms with Gasteiger partial charge < -0.3 is 14.6 Å². The molecular formula is C10H17N3O4S. The molecule has 0 radical (unpaired) electrons. The van der Waals surface area contributed by atoms with Crippen molar-refractivity contribution in [3.63, 3.8) is 0 Å². The standard InChI is InChI=1S/C10H17N3O4S/c1-7-3-8(12-17-7)6-18(14,15)13-9-4-11-5-10(9)16-2/h3,9-11,13H,4-6H2,1-2H3/t9?,10-/m0/s1. The van der Waals surface area contributed by atoms with Gasteiger partial charge in [0.25, 0.3) is 0 Å². The molecule has 0 bridgehead atoms. The number of ether oxygens (including phenoxy) is 1. The number of sulfonamides is 1. The molecular weight excluding hydrogens is 258 g/mol. The lowest BCUT2D eigenvalue weighted by Crippen LogP contribution is -2.43. The second kappa shape index (κ2) is 5.35. The fraction of sp³-hybridized carbons (Fsp3) is 0.700. The van der Waals surface area contributed by atoms with Crippen LogP contribution in [0.4, 0.5) is 0 Å². The average molecular weight is 275 g/mol. The third kappa shape index (κ3) is 3.29. The van der Waals surface area contributed by atoms with E-state index in [1.807, 2.05) is 0 Å². The summed E-state index contributed by atoms with van der Waals surface area (Å²) in [5, 5.41) is 6.75. The Bertz CT molecular complexity index is 499. The van der Waals surface area contributed by atoms with Crippen LogP contribution in [0.3, 0.4) is 0 Å². The van der Waals surface area contributed by atoms with Crippen LogP contribution in [-0.2, 0) is 20.5 Å². The van der Waals surface area contributed by atoms with Gasteiger partial charge in [0.1, 0.15) is 17.2 Å². The molecule has 1 aromatic heterocycles. The van der Waals surface area contributed by atoms with E-state index in [-0.39, 0.29) is 17.9 Å². The van der Waals surface area contributed by atoms with Crippen LogP contribution in [0.25, 0.3) is 0 Å². The molecule has 18 heavy (non-hydrogen) atoms. The number of hydrogen-bond donors (Lipinski definition) is 2. The van der Waals surface area contributed by atoms with Gasteiger partial charge in [-0.25, -0.2) is 13.1 Å². The lowest BCUT2D eigenvalue weighted by Gasteiger charge is -2.18. The topological polar surface area (TPSA) is 93.5 Å². The molecule has 7 nitrogen and oxygen atoms in total. The van der Waals surface area contributed by atoms with Crippen LogP contribution in [0, 0.1) is 6.92 Å². The molecule has 2 rings (SSSR count). The smallest absolute Gasteiger partial charge is 0.217 e. The number of nitrogens with zero attached hydrogens (tertiary/aromatic N) is 1. The lowest BCUT2D eigenvalue weighted by atomic mass is 10.2. The lowest BCUT2D eigenvalue weighted by molar-refractivity contribution is 0.103. The first kappa shape index (κ1) is 13.5. The van der Waals surface area contributed by atoms with Crippen LogP contribution >= 0.6 is 0 Å². The molecule has 0 aromatic carbocycles. The molecule has 0 amide bonds. The monoisotopic (exact) mass is 275 g/mol. The van der Waals surface area contributed by atoms with Crippen LogP contribution in [0.5, 0.6) is 0 Å². The largest absolute Gasteiger partial charge is 0.378 e. The zero-order valence-corrected chi connectivity index (χ0v) is 11.2. The van der Waals surface area contributed by atoms with Crippen molar-refractivity contribution in [3.05, 3.63) is 17.5 Å². The predicted molar refractivity (Wildman–Crippen MR) is 64.5 cm³/mol. The van der Waals surface area contributed by atoms with Crippen molar-refractivity contribution in [3.8, 4) is 0 Å². The Kier molecular flexibility index (Phi) is 4.00. The Labute approximate surface area is 106 Å². The first-order valence-corrected chi connectivity index (χ1v) is 7.31. The maximum atomic E-state index is 12.0.